The lowest BCUT2D eigenvalue weighted by atomic mass is 10.2. The van der Waals surface area contributed by atoms with Gasteiger partial charge in [-0.2, -0.15) is 5.26 Å². The molecule has 1 N–H and O–H groups in total. The van der Waals surface area contributed by atoms with Crippen LogP contribution in [-0.4, -0.2) is 13.2 Å². The first-order chi connectivity index (χ1) is 9.22. The number of hydrogen-bond acceptors (Lipinski definition) is 3. The summed E-state index contributed by atoms with van der Waals surface area (Å²) in [5, 5.41) is 9.00. The van der Waals surface area contributed by atoms with E-state index in [2.05, 4.69) is 19.9 Å². The summed E-state index contributed by atoms with van der Waals surface area (Å²) < 4.78 is 11.1. The van der Waals surface area contributed by atoms with Crippen LogP contribution in [0.3, 0.4) is 0 Å². The van der Waals surface area contributed by atoms with Gasteiger partial charge in [0, 0.05) is 12.1 Å². The topological polar surface area (TPSA) is 66.0 Å². The second kappa shape index (κ2) is 8.25. The van der Waals surface area contributed by atoms with Gasteiger partial charge in [0.05, 0.1) is 24.8 Å². The highest BCUT2D eigenvalue weighted by atomic mass is 16.5. The molecule has 4 heteroatoms. The van der Waals surface area contributed by atoms with Gasteiger partial charge in [0.25, 0.3) is 0 Å². The minimum Gasteiger partial charge on any atom is -0.491 e. The van der Waals surface area contributed by atoms with E-state index in [1.807, 2.05) is 0 Å². The predicted octanol–water partition coefficient (Wildman–Crippen LogP) is 3.83. The zero-order chi connectivity index (χ0) is 14.1. The van der Waals surface area contributed by atoms with Gasteiger partial charge in [-0.3, -0.25) is 5.73 Å². The van der Waals surface area contributed by atoms with Crippen LogP contribution in [0.1, 0.15) is 45.1 Å². The standard InChI is InChI=1S/C15H21N2O2/c1-3-5-7-18-13-9-12(11-16)10-14(15(13)17)19-8-6-4-2/h9-10,17H,3-8H2,1-2H3. The highest BCUT2D eigenvalue weighted by Crippen LogP contribution is 2.35. The fourth-order valence-corrected chi connectivity index (χ4v) is 1.54. The number of nitriles is 1. The van der Waals surface area contributed by atoms with Gasteiger partial charge in [0.15, 0.2) is 0 Å². The maximum absolute atomic E-state index is 9.00. The van der Waals surface area contributed by atoms with Crippen molar-refractivity contribution in [1.82, 2.24) is 5.73 Å². The van der Waals surface area contributed by atoms with Gasteiger partial charge < -0.3 is 9.47 Å². The SMILES string of the molecule is CCCCOc1cc(C#N)cc(OCCCC)c1[NH]. The average molecular weight is 261 g/mol. The third kappa shape index (κ3) is 4.70. The normalized spacial score (nSPS) is 9.95. The van der Waals surface area contributed by atoms with Crippen LogP contribution in [0.25, 0.3) is 0 Å². The summed E-state index contributed by atoms with van der Waals surface area (Å²) in [4.78, 5) is 0. The number of benzene rings is 1. The Hall–Kier alpha value is -1.89. The summed E-state index contributed by atoms with van der Waals surface area (Å²) in [5.74, 6) is 0.859. The number of unbranched alkanes of at least 4 members (excludes halogenated alkanes) is 2. The Balaban J connectivity index is 2.84. The average Bonchev–Trinajstić information content (AvgIpc) is 2.42. The molecule has 1 aromatic rings. The zero-order valence-electron chi connectivity index (χ0n) is 11.7. The molecule has 0 aliphatic heterocycles. The van der Waals surface area contributed by atoms with Crippen LogP contribution in [0.2, 0.25) is 0 Å². The van der Waals surface area contributed by atoms with E-state index in [9.17, 15) is 0 Å². The van der Waals surface area contributed by atoms with E-state index in [0.717, 1.165) is 25.7 Å². The van der Waals surface area contributed by atoms with Crippen molar-refractivity contribution in [3.8, 4) is 17.6 Å². The van der Waals surface area contributed by atoms with Crippen LogP contribution in [0.5, 0.6) is 11.5 Å². The molecule has 4 nitrogen and oxygen atoms in total. The summed E-state index contributed by atoms with van der Waals surface area (Å²) in [7, 11) is 0. The predicted molar refractivity (Wildman–Crippen MR) is 74.7 cm³/mol. The molecule has 0 fully saturated rings. The van der Waals surface area contributed by atoms with Crippen molar-refractivity contribution in [1.29, 1.82) is 5.26 Å². The van der Waals surface area contributed by atoms with Gasteiger partial charge in [0.1, 0.15) is 17.2 Å². The minimum atomic E-state index is 0.228. The highest BCUT2D eigenvalue weighted by molar-refractivity contribution is 5.63. The van der Waals surface area contributed by atoms with Gasteiger partial charge in [-0.05, 0) is 12.8 Å². The van der Waals surface area contributed by atoms with E-state index in [0.29, 0.717) is 30.3 Å². The Labute approximate surface area is 115 Å². The third-order valence-corrected chi connectivity index (χ3v) is 2.71. The van der Waals surface area contributed by atoms with Gasteiger partial charge in [0.2, 0.25) is 0 Å². The van der Waals surface area contributed by atoms with E-state index in [1.165, 1.54) is 0 Å². The van der Waals surface area contributed by atoms with Crippen molar-refractivity contribution >= 4 is 5.69 Å². The molecule has 0 saturated carbocycles. The Morgan fingerprint density at radius 1 is 1.05 bits per heavy atom. The van der Waals surface area contributed by atoms with Gasteiger partial charge in [-0.15, -0.1) is 0 Å². The Morgan fingerprint density at radius 2 is 1.53 bits per heavy atom. The summed E-state index contributed by atoms with van der Waals surface area (Å²) in [6, 6.07) is 5.28. The van der Waals surface area contributed by atoms with Crippen LogP contribution < -0.4 is 15.2 Å². The molecule has 103 valence electrons. The fraction of sp³-hybridized carbons (Fsp3) is 0.533. The monoisotopic (exact) mass is 261 g/mol. The van der Waals surface area contributed by atoms with Crippen LogP contribution in [-0.2, 0) is 0 Å². The number of rotatable bonds is 8. The Bertz CT molecular complexity index is 407. The smallest absolute Gasteiger partial charge is 0.149 e. The molecule has 0 heterocycles. The maximum Gasteiger partial charge on any atom is 0.149 e. The van der Waals surface area contributed by atoms with E-state index < -0.39 is 0 Å². The zero-order valence-corrected chi connectivity index (χ0v) is 11.7. The number of hydrogen-bond donors (Lipinski definition) is 0. The quantitative estimate of drug-likeness (QED) is 0.668. The Morgan fingerprint density at radius 3 is 1.89 bits per heavy atom. The van der Waals surface area contributed by atoms with E-state index in [4.69, 9.17) is 20.5 Å². The second-order valence-electron chi connectivity index (χ2n) is 4.36. The molecule has 0 bridgehead atoms. The largest absolute Gasteiger partial charge is 0.491 e. The summed E-state index contributed by atoms with van der Waals surface area (Å²) >= 11 is 0. The van der Waals surface area contributed by atoms with Gasteiger partial charge in [-0.25, -0.2) is 0 Å². The maximum atomic E-state index is 9.00. The van der Waals surface area contributed by atoms with Crippen molar-refractivity contribution in [2.45, 2.75) is 39.5 Å². The summed E-state index contributed by atoms with van der Waals surface area (Å²) in [6.45, 7) is 5.28. The van der Waals surface area contributed by atoms with E-state index in [1.54, 1.807) is 12.1 Å². The summed E-state index contributed by atoms with van der Waals surface area (Å²) in [6.07, 6.45) is 3.93. The van der Waals surface area contributed by atoms with Crippen molar-refractivity contribution in [3.05, 3.63) is 17.7 Å². The van der Waals surface area contributed by atoms with Crippen molar-refractivity contribution < 1.29 is 9.47 Å². The molecule has 0 saturated heterocycles. The first-order valence-electron chi connectivity index (χ1n) is 6.78. The lowest BCUT2D eigenvalue weighted by molar-refractivity contribution is 0.296. The fourth-order valence-electron chi connectivity index (χ4n) is 1.54. The minimum absolute atomic E-state index is 0.228. The first kappa shape index (κ1) is 15.2. The second-order valence-corrected chi connectivity index (χ2v) is 4.36. The molecule has 0 unspecified atom stereocenters. The molecule has 19 heavy (non-hydrogen) atoms. The molecule has 0 amide bonds. The van der Waals surface area contributed by atoms with Crippen LogP contribution in [0, 0.1) is 11.3 Å². The van der Waals surface area contributed by atoms with Crippen molar-refractivity contribution in [2.24, 2.45) is 0 Å². The highest BCUT2D eigenvalue weighted by Gasteiger charge is 2.11. The molecule has 1 aromatic carbocycles. The van der Waals surface area contributed by atoms with Crippen molar-refractivity contribution in [2.75, 3.05) is 13.2 Å². The van der Waals surface area contributed by atoms with E-state index in [-0.39, 0.29) is 5.69 Å². The van der Waals surface area contributed by atoms with Crippen LogP contribution in [0.15, 0.2) is 12.1 Å². The molecular weight excluding hydrogens is 240 g/mol. The van der Waals surface area contributed by atoms with Crippen molar-refractivity contribution in [3.63, 3.8) is 0 Å². The van der Waals surface area contributed by atoms with Crippen LogP contribution in [0.4, 0.5) is 5.69 Å². The lowest BCUT2D eigenvalue weighted by Crippen LogP contribution is -2.02. The molecule has 0 aliphatic rings. The third-order valence-electron chi connectivity index (χ3n) is 2.71. The lowest BCUT2D eigenvalue weighted by Gasteiger charge is -2.13. The molecule has 0 atom stereocenters. The molecule has 0 aliphatic carbocycles. The van der Waals surface area contributed by atoms with Gasteiger partial charge in [-0.1, -0.05) is 26.7 Å². The Kier molecular flexibility index (Phi) is 6.59. The molecule has 1 rings (SSSR count). The molecule has 0 spiro atoms. The van der Waals surface area contributed by atoms with Crippen LogP contribution >= 0.6 is 0 Å². The van der Waals surface area contributed by atoms with E-state index >= 15 is 0 Å². The molecule has 1 radical (unpaired) electrons. The first-order valence-corrected chi connectivity index (χ1v) is 6.78. The number of nitrogens with zero attached hydrogens (tertiary/aromatic N) is 1. The van der Waals surface area contributed by atoms with Gasteiger partial charge >= 0.3 is 0 Å². The summed E-state index contributed by atoms with van der Waals surface area (Å²) in [5.41, 5.74) is 8.72. The number of ether oxygens (including phenoxy) is 2. The molecule has 0 aromatic heterocycles. The number of nitrogens with one attached hydrogen (secondary N) is 1. The molecular formula is C15H21N2O2.